The molecule has 1 atom stereocenters. The van der Waals surface area contributed by atoms with Crippen LogP contribution in [-0.2, 0) is 17.6 Å². The van der Waals surface area contributed by atoms with E-state index >= 15 is 0 Å². The van der Waals surface area contributed by atoms with E-state index in [1.807, 2.05) is 6.07 Å². The predicted molar refractivity (Wildman–Crippen MR) is 72.2 cm³/mol. The highest BCUT2D eigenvalue weighted by atomic mass is 79.9. The third kappa shape index (κ3) is 3.30. The molecule has 17 heavy (non-hydrogen) atoms. The van der Waals surface area contributed by atoms with Crippen LogP contribution in [-0.4, -0.2) is 23.9 Å². The summed E-state index contributed by atoms with van der Waals surface area (Å²) in [5.74, 6) is 0. The Bertz CT molecular complexity index is 392. The van der Waals surface area contributed by atoms with Gasteiger partial charge in [0.1, 0.15) is 0 Å². The second kappa shape index (κ2) is 5.51. The van der Waals surface area contributed by atoms with Crippen LogP contribution in [0.15, 0.2) is 22.7 Å². The molecule has 0 saturated heterocycles. The number of rotatable bonds is 4. The Morgan fingerprint density at radius 3 is 3.00 bits per heavy atom. The Hall–Kier alpha value is -0.380. The smallest absolute Gasteiger partial charge is 0.0923 e. The van der Waals surface area contributed by atoms with Gasteiger partial charge in [0.05, 0.1) is 12.2 Å². The number of ether oxygens (including phenoxy) is 1. The van der Waals surface area contributed by atoms with Crippen molar-refractivity contribution >= 4 is 15.9 Å². The number of halogens is 1. The van der Waals surface area contributed by atoms with Crippen molar-refractivity contribution in [3.8, 4) is 0 Å². The van der Waals surface area contributed by atoms with Gasteiger partial charge in [-0.05, 0) is 42.5 Å². The molecule has 94 valence electrons. The molecule has 0 saturated carbocycles. The van der Waals surface area contributed by atoms with Crippen LogP contribution in [0.5, 0.6) is 0 Å². The van der Waals surface area contributed by atoms with Gasteiger partial charge < -0.3 is 9.84 Å². The van der Waals surface area contributed by atoms with Gasteiger partial charge in [-0.25, -0.2) is 0 Å². The van der Waals surface area contributed by atoms with E-state index < -0.39 is 5.60 Å². The maximum absolute atomic E-state index is 10.5. The molecule has 2 nitrogen and oxygen atoms in total. The fourth-order valence-corrected chi connectivity index (χ4v) is 2.75. The number of fused-ring (bicyclic) bond motifs is 1. The van der Waals surface area contributed by atoms with Crippen LogP contribution < -0.4 is 0 Å². The molecule has 0 heterocycles. The molecular formula is C14H19BrO2. The van der Waals surface area contributed by atoms with Gasteiger partial charge in [-0.1, -0.05) is 28.9 Å². The number of benzene rings is 1. The summed E-state index contributed by atoms with van der Waals surface area (Å²) in [7, 11) is 0. The average molecular weight is 299 g/mol. The van der Waals surface area contributed by atoms with Gasteiger partial charge in [0.25, 0.3) is 0 Å². The fourth-order valence-electron chi connectivity index (χ4n) is 2.34. The molecule has 1 aliphatic carbocycles. The normalized spacial score (nSPS) is 23.5. The van der Waals surface area contributed by atoms with E-state index in [9.17, 15) is 5.11 Å². The minimum atomic E-state index is -0.671. The predicted octanol–water partition coefficient (Wildman–Crippen LogP) is 3.10. The van der Waals surface area contributed by atoms with Crippen molar-refractivity contribution in [3.63, 3.8) is 0 Å². The summed E-state index contributed by atoms with van der Waals surface area (Å²) in [6.45, 7) is 3.27. The van der Waals surface area contributed by atoms with Crippen molar-refractivity contribution in [1.82, 2.24) is 0 Å². The summed E-state index contributed by atoms with van der Waals surface area (Å²) >= 11 is 3.48. The molecule has 0 fully saturated rings. The first-order chi connectivity index (χ1) is 8.13. The zero-order chi connectivity index (χ0) is 12.3. The van der Waals surface area contributed by atoms with Crippen molar-refractivity contribution in [1.29, 1.82) is 0 Å². The minimum Gasteiger partial charge on any atom is -0.387 e. The van der Waals surface area contributed by atoms with Gasteiger partial charge in [-0.2, -0.15) is 0 Å². The molecule has 3 heteroatoms. The molecule has 1 N–H and O–H groups in total. The van der Waals surface area contributed by atoms with Crippen molar-refractivity contribution in [3.05, 3.63) is 33.8 Å². The monoisotopic (exact) mass is 298 g/mol. The maximum Gasteiger partial charge on any atom is 0.0923 e. The van der Waals surface area contributed by atoms with Crippen molar-refractivity contribution in [2.24, 2.45) is 0 Å². The van der Waals surface area contributed by atoms with Crippen LogP contribution >= 0.6 is 15.9 Å². The molecule has 0 radical (unpaired) electrons. The van der Waals surface area contributed by atoms with E-state index in [0.29, 0.717) is 13.0 Å². The highest BCUT2D eigenvalue weighted by molar-refractivity contribution is 9.10. The third-order valence-corrected chi connectivity index (χ3v) is 3.76. The van der Waals surface area contributed by atoms with E-state index in [1.54, 1.807) is 0 Å². The van der Waals surface area contributed by atoms with Crippen molar-refractivity contribution in [2.45, 2.75) is 38.2 Å². The standard InChI is InChI=1S/C14H19BrO2/c1-2-7-17-10-14(16)6-5-11-8-13(15)4-3-12(11)9-14/h3-4,8,16H,2,5-7,9-10H2,1H3. The topological polar surface area (TPSA) is 29.5 Å². The fraction of sp³-hybridized carbons (Fsp3) is 0.571. The van der Waals surface area contributed by atoms with Gasteiger partial charge in [0.15, 0.2) is 0 Å². The third-order valence-electron chi connectivity index (χ3n) is 3.27. The highest BCUT2D eigenvalue weighted by Crippen LogP contribution is 2.30. The van der Waals surface area contributed by atoms with Gasteiger partial charge >= 0.3 is 0 Å². The number of hydrogen-bond acceptors (Lipinski definition) is 2. The lowest BCUT2D eigenvalue weighted by atomic mass is 9.81. The first-order valence-electron chi connectivity index (χ1n) is 6.20. The molecule has 1 aromatic carbocycles. The summed E-state index contributed by atoms with van der Waals surface area (Å²) in [5.41, 5.74) is 1.93. The van der Waals surface area contributed by atoms with E-state index in [0.717, 1.165) is 30.3 Å². The van der Waals surface area contributed by atoms with E-state index in [1.165, 1.54) is 11.1 Å². The van der Waals surface area contributed by atoms with Crippen molar-refractivity contribution < 1.29 is 9.84 Å². The lowest BCUT2D eigenvalue weighted by Crippen LogP contribution is -2.40. The second-order valence-corrected chi connectivity index (χ2v) is 5.78. The summed E-state index contributed by atoms with van der Waals surface area (Å²) < 4.78 is 6.62. The van der Waals surface area contributed by atoms with E-state index in [2.05, 4.69) is 35.0 Å². The van der Waals surface area contributed by atoms with Crippen LogP contribution in [0.2, 0.25) is 0 Å². The Kier molecular flexibility index (Phi) is 4.23. The lowest BCUT2D eigenvalue weighted by Gasteiger charge is -2.33. The Balaban J connectivity index is 2.04. The van der Waals surface area contributed by atoms with E-state index in [-0.39, 0.29) is 0 Å². The van der Waals surface area contributed by atoms with Gasteiger partial charge in [0, 0.05) is 17.5 Å². The molecule has 0 aromatic heterocycles. The van der Waals surface area contributed by atoms with Gasteiger partial charge in [-0.3, -0.25) is 0 Å². The summed E-state index contributed by atoms with van der Waals surface area (Å²) in [5, 5.41) is 10.5. The largest absolute Gasteiger partial charge is 0.387 e. The SMILES string of the molecule is CCCOCC1(O)CCc2cc(Br)ccc2C1. The zero-order valence-electron chi connectivity index (χ0n) is 10.2. The minimum absolute atomic E-state index is 0.455. The molecule has 0 bridgehead atoms. The summed E-state index contributed by atoms with van der Waals surface area (Å²) in [6, 6.07) is 6.29. The molecule has 0 amide bonds. The van der Waals surface area contributed by atoms with Crippen LogP contribution in [0.3, 0.4) is 0 Å². The van der Waals surface area contributed by atoms with Gasteiger partial charge in [0.2, 0.25) is 0 Å². The average Bonchev–Trinajstić information content (AvgIpc) is 2.30. The zero-order valence-corrected chi connectivity index (χ0v) is 11.8. The Morgan fingerprint density at radius 2 is 2.24 bits per heavy atom. The molecule has 1 unspecified atom stereocenters. The molecule has 2 rings (SSSR count). The van der Waals surface area contributed by atoms with Crippen LogP contribution in [0.1, 0.15) is 30.9 Å². The lowest BCUT2D eigenvalue weighted by molar-refractivity contribution is -0.0543. The van der Waals surface area contributed by atoms with Crippen LogP contribution in [0.4, 0.5) is 0 Å². The molecule has 1 aromatic rings. The Morgan fingerprint density at radius 1 is 1.41 bits per heavy atom. The summed E-state index contributed by atoms with van der Waals surface area (Å²) in [4.78, 5) is 0. The van der Waals surface area contributed by atoms with Crippen LogP contribution in [0, 0.1) is 0 Å². The number of aryl methyl sites for hydroxylation is 1. The number of aliphatic hydroxyl groups is 1. The molecule has 1 aliphatic rings. The molecule has 0 aliphatic heterocycles. The first-order valence-corrected chi connectivity index (χ1v) is 7.00. The molecular weight excluding hydrogens is 280 g/mol. The highest BCUT2D eigenvalue weighted by Gasteiger charge is 2.32. The van der Waals surface area contributed by atoms with Gasteiger partial charge in [-0.15, -0.1) is 0 Å². The van der Waals surface area contributed by atoms with Crippen LogP contribution in [0.25, 0.3) is 0 Å². The van der Waals surface area contributed by atoms with Crippen molar-refractivity contribution in [2.75, 3.05) is 13.2 Å². The quantitative estimate of drug-likeness (QED) is 0.866. The van der Waals surface area contributed by atoms with E-state index in [4.69, 9.17) is 4.74 Å². The maximum atomic E-state index is 10.5. The molecule has 0 spiro atoms. The Labute approximate surface area is 111 Å². The number of hydrogen-bond donors (Lipinski definition) is 1. The summed E-state index contributed by atoms with van der Waals surface area (Å²) in [6.07, 6.45) is 3.43. The second-order valence-electron chi connectivity index (χ2n) is 4.87. The first kappa shape index (κ1) is 13.1.